The molecule has 1 aliphatic rings. The minimum absolute atomic E-state index is 0.221. The molecule has 2 rings (SSSR count). The van der Waals surface area contributed by atoms with E-state index >= 15 is 0 Å². The number of hydrogen-bond donors (Lipinski definition) is 1. The van der Waals surface area contributed by atoms with E-state index < -0.39 is 0 Å². The lowest BCUT2D eigenvalue weighted by atomic mass is 10.1. The Morgan fingerprint density at radius 1 is 1.38 bits per heavy atom. The van der Waals surface area contributed by atoms with Crippen molar-refractivity contribution >= 4 is 23.1 Å². The van der Waals surface area contributed by atoms with Gasteiger partial charge in [0.15, 0.2) is 0 Å². The van der Waals surface area contributed by atoms with E-state index in [1.54, 1.807) is 0 Å². The van der Waals surface area contributed by atoms with Gasteiger partial charge in [0, 0.05) is 0 Å². The number of aliphatic hydroxyl groups excluding tert-OH is 1. The Morgan fingerprint density at radius 2 is 2.15 bits per heavy atom. The van der Waals surface area contributed by atoms with Crippen LogP contribution in [0.5, 0.6) is 0 Å². The summed E-state index contributed by atoms with van der Waals surface area (Å²) in [6.07, 6.45) is 1.27. The molecule has 0 bridgehead atoms. The maximum Gasteiger partial charge on any atom is 0.0742 e. The van der Waals surface area contributed by atoms with Crippen molar-refractivity contribution in [2.24, 2.45) is 4.99 Å². The van der Waals surface area contributed by atoms with Gasteiger partial charge in [-0.25, -0.2) is 0 Å². The molecule has 1 aromatic carbocycles. The summed E-state index contributed by atoms with van der Waals surface area (Å²) in [4.78, 5) is 3.89. The molecule has 0 heterocycles. The second-order valence-electron chi connectivity index (χ2n) is 3.22. The second kappa shape index (κ2) is 3.38. The molecule has 1 atom stereocenters. The molecule has 0 aliphatic heterocycles. The maximum absolute atomic E-state index is 9.40. The fraction of sp³-hybridized carbons (Fsp3) is 0.300. The molecule has 1 aliphatic carbocycles. The summed E-state index contributed by atoms with van der Waals surface area (Å²) >= 11 is 4.52. The summed E-state index contributed by atoms with van der Waals surface area (Å²) in [5, 5.41) is 11.7. The number of thiocarbonyl (C=S) groups is 1. The lowest BCUT2D eigenvalue weighted by molar-refractivity contribution is 0.187. The number of hydrogen-bond acceptors (Lipinski definition) is 3. The maximum atomic E-state index is 9.40. The number of aliphatic imine (C=N–C) groups is 1. The molecule has 0 aromatic heterocycles. The van der Waals surface area contributed by atoms with Crippen LogP contribution in [0.15, 0.2) is 23.2 Å². The molecule has 0 saturated heterocycles. The van der Waals surface area contributed by atoms with Crippen LogP contribution in [-0.4, -0.2) is 16.4 Å². The molecule has 2 nitrogen and oxygen atoms in total. The highest BCUT2D eigenvalue weighted by Crippen LogP contribution is 2.26. The first-order chi connectivity index (χ1) is 6.29. The van der Waals surface area contributed by atoms with Crippen molar-refractivity contribution < 1.29 is 5.11 Å². The Balaban J connectivity index is 2.39. The van der Waals surface area contributed by atoms with E-state index in [4.69, 9.17) is 0 Å². The summed E-state index contributed by atoms with van der Waals surface area (Å²) in [7, 11) is 0. The van der Waals surface area contributed by atoms with Gasteiger partial charge >= 0.3 is 0 Å². The molecule has 0 amide bonds. The average Bonchev–Trinajstić information content (AvgIpc) is 2.44. The van der Waals surface area contributed by atoms with E-state index in [1.165, 1.54) is 11.1 Å². The smallest absolute Gasteiger partial charge is 0.0742 e. The van der Waals surface area contributed by atoms with Gasteiger partial charge in [-0.15, -0.1) is 0 Å². The number of rotatable bonds is 1. The van der Waals surface area contributed by atoms with Crippen LogP contribution in [0.2, 0.25) is 0 Å². The van der Waals surface area contributed by atoms with Gasteiger partial charge in [0.05, 0.1) is 17.0 Å². The lowest BCUT2D eigenvalue weighted by Crippen LogP contribution is -2.03. The van der Waals surface area contributed by atoms with E-state index in [0.29, 0.717) is 0 Å². The van der Waals surface area contributed by atoms with Gasteiger partial charge in [0.2, 0.25) is 0 Å². The van der Waals surface area contributed by atoms with Gasteiger partial charge in [-0.3, -0.25) is 0 Å². The fourth-order valence-electron chi connectivity index (χ4n) is 1.70. The molecule has 0 spiro atoms. The first-order valence-electron chi connectivity index (χ1n) is 4.17. The van der Waals surface area contributed by atoms with E-state index in [2.05, 4.69) is 22.4 Å². The van der Waals surface area contributed by atoms with Crippen molar-refractivity contribution in [3.05, 3.63) is 29.3 Å². The summed E-state index contributed by atoms with van der Waals surface area (Å²) in [5.74, 6) is 0. The van der Waals surface area contributed by atoms with E-state index in [1.807, 2.05) is 18.2 Å². The molecule has 1 N–H and O–H groups in total. The third-order valence-electron chi connectivity index (χ3n) is 2.28. The Kier molecular flexibility index (Phi) is 2.23. The van der Waals surface area contributed by atoms with Gasteiger partial charge in [0.1, 0.15) is 0 Å². The number of isothiocyanates is 1. The van der Waals surface area contributed by atoms with Crippen LogP contribution in [0.1, 0.15) is 11.1 Å². The van der Waals surface area contributed by atoms with Gasteiger partial charge in [0.25, 0.3) is 0 Å². The molecule has 66 valence electrons. The third-order valence-corrected chi connectivity index (χ3v) is 2.37. The summed E-state index contributed by atoms with van der Waals surface area (Å²) in [6, 6.07) is 5.86. The lowest BCUT2D eigenvalue weighted by Gasteiger charge is -1.97. The zero-order chi connectivity index (χ0) is 9.26. The fourth-order valence-corrected chi connectivity index (χ4v) is 1.81. The van der Waals surface area contributed by atoms with Crippen molar-refractivity contribution in [1.82, 2.24) is 0 Å². The van der Waals surface area contributed by atoms with Gasteiger partial charge in [-0.2, -0.15) is 4.99 Å². The Labute approximate surface area is 81.9 Å². The van der Waals surface area contributed by atoms with Crippen molar-refractivity contribution in [2.45, 2.75) is 18.9 Å². The molecule has 0 saturated carbocycles. The van der Waals surface area contributed by atoms with Crippen LogP contribution in [0.25, 0.3) is 0 Å². The van der Waals surface area contributed by atoms with Crippen LogP contribution in [0, 0.1) is 0 Å². The minimum Gasteiger partial charge on any atom is -0.392 e. The number of fused-ring (bicyclic) bond motifs is 1. The van der Waals surface area contributed by atoms with Gasteiger partial charge in [-0.05, 0) is 48.3 Å². The molecule has 0 fully saturated rings. The molecular formula is C10H9NOS. The predicted molar refractivity (Wildman–Crippen MR) is 54.5 cm³/mol. The summed E-state index contributed by atoms with van der Waals surface area (Å²) in [6.45, 7) is 0. The first-order valence-corrected chi connectivity index (χ1v) is 4.58. The number of benzene rings is 1. The standard InChI is InChI=1S/C10H9NOS/c12-10-4-7-1-2-9(11-6-13)3-8(7)5-10/h1-3,10,12H,4-5H2. The topological polar surface area (TPSA) is 32.6 Å². The Bertz CT molecular complexity index is 383. The van der Waals surface area contributed by atoms with Crippen LogP contribution >= 0.6 is 12.2 Å². The van der Waals surface area contributed by atoms with Gasteiger partial charge in [-0.1, -0.05) is 6.07 Å². The van der Waals surface area contributed by atoms with Crippen LogP contribution < -0.4 is 0 Å². The number of nitrogens with zero attached hydrogens (tertiary/aromatic N) is 1. The molecule has 1 unspecified atom stereocenters. The second-order valence-corrected chi connectivity index (χ2v) is 3.40. The van der Waals surface area contributed by atoms with Crippen LogP contribution in [0.3, 0.4) is 0 Å². The van der Waals surface area contributed by atoms with E-state index in [-0.39, 0.29) is 6.10 Å². The molecule has 13 heavy (non-hydrogen) atoms. The van der Waals surface area contributed by atoms with Crippen molar-refractivity contribution in [1.29, 1.82) is 0 Å². The monoisotopic (exact) mass is 191 g/mol. The minimum atomic E-state index is -0.221. The zero-order valence-corrected chi connectivity index (χ0v) is 7.84. The number of aliphatic hydroxyl groups is 1. The Hall–Kier alpha value is -1.02. The zero-order valence-electron chi connectivity index (χ0n) is 7.03. The van der Waals surface area contributed by atoms with E-state index in [9.17, 15) is 5.11 Å². The summed E-state index contributed by atoms with van der Waals surface area (Å²) in [5.41, 5.74) is 3.22. The third kappa shape index (κ3) is 1.68. The highest BCUT2D eigenvalue weighted by molar-refractivity contribution is 7.78. The SMILES string of the molecule is OC1Cc2ccc(N=C=S)cc2C1. The van der Waals surface area contributed by atoms with Gasteiger partial charge < -0.3 is 5.11 Å². The van der Waals surface area contributed by atoms with Crippen LogP contribution in [0.4, 0.5) is 5.69 Å². The largest absolute Gasteiger partial charge is 0.392 e. The van der Waals surface area contributed by atoms with E-state index in [0.717, 1.165) is 18.5 Å². The molecular weight excluding hydrogens is 182 g/mol. The average molecular weight is 191 g/mol. The molecule has 0 radical (unpaired) electrons. The van der Waals surface area contributed by atoms with Crippen molar-refractivity contribution in [3.8, 4) is 0 Å². The molecule has 3 heteroatoms. The quantitative estimate of drug-likeness (QED) is 0.543. The van der Waals surface area contributed by atoms with Crippen molar-refractivity contribution in [3.63, 3.8) is 0 Å². The highest BCUT2D eigenvalue weighted by atomic mass is 32.1. The van der Waals surface area contributed by atoms with Crippen molar-refractivity contribution in [2.75, 3.05) is 0 Å². The van der Waals surface area contributed by atoms with Crippen LogP contribution in [-0.2, 0) is 12.8 Å². The predicted octanol–water partition coefficient (Wildman–Crippen LogP) is 1.88. The molecule has 1 aromatic rings. The highest BCUT2D eigenvalue weighted by Gasteiger charge is 2.18. The first kappa shape index (κ1) is 8.57. The summed E-state index contributed by atoms with van der Waals surface area (Å²) < 4.78 is 0. The normalized spacial score (nSPS) is 19.3. The Morgan fingerprint density at radius 3 is 2.92 bits per heavy atom.